The molecule has 2 aromatic rings. The van der Waals surface area contributed by atoms with Crippen molar-refractivity contribution in [2.24, 2.45) is 0 Å². The van der Waals surface area contributed by atoms with Gasteiger partial charge in [-0.05, 0) is 41.8 Å². The molecule has 2 aromatic heterocycles. The van der Waals surface area contributed by atoms with Crippen LogP contribution in [0.2, 0.25) is 0 Å². The Labute approximate surface area is 125 Å². The van der Waals surface area contributed by atoms with Crippen LogP contribution in [0.1, 0.15) is 31.0 Å². The molecule has 0 amide bonds. The van der Waals surface area contributed by atoms with E-state index in [1.807, 2.05) is 13.0 Å². The molecule has 3 heterocycles. The van der Waals surface area contributed by atoms with E-state index < -0.39 is 0 Å². The fraction of sp³-hybridized carbons (Fsp3) is 0.538. The maximum absolute atomic E-state index is 6.24. The molecule has 1 fully saturated rings. The fourth-order valence-corrected chi connectivity index (χ4v) is 2.97. The van der Waals surface area contributed by atoms with E-state index in [9.17, 15) is 0 Å². The van der Waals surface area contributed by atoms with Crippen molar-refractivity contribution in [2.75, 3.05) is 6.61 Å². The number of hydrogen-bond donors (Lipinski definition) is 0. The zero-order valence-corrected chi connectivity index (χ0v) is 13.0. The summed E-state index contributed by atoms with van der Waals surface area (Å²) in [6.45, 7) is 3.56. The second-order valence-electron chi connectivity index (χ2n) is 4.83. The Hall–Kier alpha value is -0.650. The minimum absolute atomic E-state index is 0.144. The molecule has 6 heteroatoms. The van der Waals surface area contributed by atoms with Crippen molar-refractivity contribution in [3.05, 3.63) is 22.6 Å². The molecule has 2 atom stereocenters. The molecule has 1 aliphatic rings. The Kier molecular flexibility index (Phi) is 3.78. The summed E-state index contributed by atoms with van der Waals surface area (Å²) in [7, 11) is 0. The van der Waals surface area contributed by atoms with Gasteiger partial charge in [0, 0.05) is 17.3 Å². The van der Waals surface area contributed by atoms with E-state index in [0.717, 1.165) is 47.5 Å². The monoisotopic (exact) mass is 343 g/mol. The Balaban J connectivity index is 2.05. The van der Waals surface area contributed by atoms with Crippen LogP contribution >= 0.6 is 27.5 Å². The number of pyridine rings is 1. The highest BCUT2D eigenvalue weighted by molar-refractivity contribution is 9.10. The van der Waals surface area contributed by atoms with Gasteiger partial charge in [-0.15, -0.1) is 11.6 Å². The standard InChI is InChI=1S/C13H15BrClN3O/c1-8(15)12-17-11-5-9(14)6-16-13(11)18(12)7-10-3-2-4-19-10/h5-6,8,10H,2-4,7H2,1H3. The number of nitrogens with zero attached hydrogens (tertiary/aromatic N) is 3. The van der Waals surface area contributed by atoms with Crippen LogP contribution in [0, 0.1) is 0 Å². The zero-order chi connectivity index (χ0) is 13.4. The van der Waals surface area contributed by atoms with E-state index in [1.54, 1.807) is 6.20 Å². The van der Waals surface area contributed by atoms with Crippen LogP contribution in [0.25, 0.3) is 11.2 Å². The van der Waals surface area contributed by atoms with Gasteiger partial charge in [-0.2, -0.15) is 0 Å². The number of hydrogen-bond acceptors (Lipinski definition) is 3. The van der Waals surface area contributed by atoms with E-state index in [-0.39, 0.29) is 11.5 Å². The second kappa shape index (κ2) is 5.38. The average Bonchev–Trinajstić information content (AvgIpc) is 2.97. The van der Waals surface area contributed by atoms with Gasteiger partial charge in [0.1, 0.15) is 11.3 Å². The molecule has 2 unspecified atom stereocenters. The SMILES string of the molecule is CC(Cl)c1nc2cc(Br)cnc2n1CC1CCCO1. The van der Waals surface area contributed by atoms with E-state index in [1.165, 1.54) is 0 Å². The van der Waals surface area contributed by atoms with Crippen molar-refractivity contribution >= 4 is 38.7 Å². The highest BCUT2D eigenvalue weighted by Gasteiger charge is 2.22. The highest BCUT2D eigenvalue weighted by Crippen LogP contribution is 2.27. The molecule has 0 spiro atoms. The van der Waals surface area contributed by atoms with Gasteiger partial charge in [0.2, 0.25) is 0 Å². The predicted molar refractivity (Wildman–Crippen MR) is 78.5 cm³/mol. The summed E-state index contributed by atoms with van der Waals surface area (Å²) in [4.78, 5) is 9.06. The molecular weight excluding hydrogens is 330 g/mol. The third kappa shape index (κ3) is 2.64. The van der Waals surface area contributed by atoms with E-state index in [0.29, 0.717) is 0 Å². The number of fused-ring (bicyclic) bond motifs is 1. The van der Waals surface area contributed by atoms with E-state index >= 15 is 0 Å². The summed E-state index contributed by atoms with van der Waals surface area (Å²) < 4.78 is 8.72. The topological polar surface area (TPSA) is 39.9 Å². The average molecular weight is 345 g/mol. The number of halogens is 2. The molecular formula is C13H15BrClN3O. The number of rotatable bonds is 3. The largest absolute Gasteiger partial charge is 0.376 e. The Morgan fingerprint density at radius 3 is 3.16 bits per heavy atom. The van der Waals surface area contributed by atoms with Gasteiger partial charge in [0.25, 0.3) is 0 Å². The first-order chi connectivity index (χ1) is 9.15. The number of ether oxygens (including phenoxy) is 1. The maximum Gasteiger partial charge on any atom is 0.160 e. The lowest BCUT2D eigenvalue weighted by atomic mass is 10.2. The fourth-order valence-electron chi connectivity index (χ4n) is 2.48. The van der Waals surface area contributed by atoms with Gasteiger partial charge in [0.05, 0.1) is 18.0 Å². The molecule has 0 N–H and O–H groups in total. The third-order valence-corrected chi connectivity index (χ3v) is 3.98. The van der Waals surface area contributed by atoms with Crippen molar-refractivity contribution in [1.82, 2.24) is 14.5 Å². The van der Waals surface area contributed by atoms with Crippen LogP contribution in [0.5, 0.6) is 0 Å². The molecule has 0 aromatic carbocycles. The van der Waals surface area contributed by atoms with E-state index in [2.05, 4.69) is 30.5 Å². The van der Waals surface area contributed by atoms with Crippen LogP contribution in [0.3, 0.4) is 0 Å². The van der Waals surface area contributed by atoms with Crippen LogP contribution in [-0.4, -0.2) is 27.2 Å². The van der Waals surface area contributed by atoms with Crippen LogP contribution in [0.15, 0.2) is 16.7 Å². The van der Waals surface area contributed by atoms with Gasteiger partial charge >= 0.3 is 0 Å². The summed E-state index contributed by atoms with van der Waals surface area (Å²) in [6.07, 6.45) is 4.25. The molecule has 0 radical (unpaired) electrons. The van der Waals surface area contributed by atoms with Crippen molar-refractivity contribution in [3.8, 4) is 0 Å². The zero-order valence-electron chi connectivity index (χ0n) is 10.6. The first-order valence-electron chi connectivity index (χ1n) is 6.42. The molecule has 4 nitrogen and oxygen atoms in total. The molecule has 1 aliphatic heterocycles. The summed E-state index contributed by atoms with van der Waals surface area (Å²) in [5.74, 6) is 0.859. The number of imidazole rings is 1. The van der Waals surface area contributed by atoms with Crippen LogP contribution < -0.4 is 0 Å². The predicted octanol–water partition coefficient (Wildman–Crippen LogP) is 3.67. The van der Waals surface area contributed by atoms with Gasteiger partial charge in [-0.25, -0.2) is 9.97 Å². The first-order valence-corrected chi connectivity index (χ1v) is 7.65. The van der Waals surface area contributed by atoms with Crippen molar-refractivity contribution < 1.29 is 4.74 Å². The number of aromatic nitrogens is 3. The van der Waals surface area contributed by atoms with Crippen molar-refractivity contribution in [1.29, 1.82) is 0 Å². The molecule has 0 aliphatic carbocycles. The lowest BCUT2D eigenvalue weighted by molar-refractivity contribution is 0.0971. The van der Waals surface area contributed by atoms with Crippen molar-refractivity contribution in [2.45, 2.75) is 37.8 Å². The summed E-state index contributed by atoms with van der Waals surface area (Å²) >= 11 is 9.66. The Morgan fingerprint density at radius 2 is 2.47 bits per heavy atom. The highest BCUT2D eigenvalue weighted by atomic mass is 79.9. The van der Waals surface area contributed by atoms with Gasteiger partial charge in [-0.3, -0.25) is 0 Å². The smallest absolute Gasteiger partial charge is 0.160 e. The minimum atomic E-state index is -0.144. The Bertz CT molecular complexity index is 593. The second-order valence-corrected chi connectivity index (χ2v) is 6.40. The van der Waals surface area contributed by atoms with Crippen molar-refractivity contribution in [3.63, 3.8) is 0 Å². The van der Waals surface area contributed by atoms with Crippen LogP contribution in [0.4, 0.5) is 0 Å². The number of alkyl halides is 1. The molecule has 1 saturated heterocycles. The summed E-state index contributed by atoms with van der Waals surface area (Å²) in [5.41, 5.74) is 1.75. The molecule has 0 bridgehead atoms. The van der Waals surface area contributed by atoms with Gasteiger partial charge < -0.3 is 9.30 Å². The lowest BCUT2D eigenvalue weighted by Crippen LogP contribution is -2.17. The molecule has 0 saturated carbocycles. The first kappa shape index (κ1) is 13.3. The molecule has 3 rings (SSSR count). The molecule has 19 heavy (non-hydrogen) atoms. The quantitative estimate of drug-likeness (QED) is 0.798. The maximum atomic E-state index is 6.24. The minimum Gasteiger partial charge on any atom is -0.376 e. The summed E-state index contributed by atoms with van der Waals surface area (Å²) in [6, 6.07) is 1.97. The van der Waals surface area contributed by atoms with E-state index in [4.69, 9.17) is 16.3 Å². The van der Waals surface area contributed by atoms with Gasteiger partial charge in [-0.1, -0.05) is 0 Å². The molecule has 102 valence electrons. The van der Waals surface area contributed by atoms with Gasteiger partial charge in [0.15, 0.2) is 5.65 Å². The Morgan fingerprint density at radius 1 is 1.63 bits per heavy atom. The lowest BCUT2D eigenvalue weighted by Gasteiger charge is -2.14. The summed E-state index contributed by atoms with van der Waals surface area (Å²) in [5, 5.41) is -0.144. The van der Waals surface area contributed by atoms with Crippen LogP contribution in [-0.2, 0) is 11.3 Å². The normalized spacial score (nSPS) is 21.1. The third-order valence-electron chi connectivity index (χ3n) is 3.35.